The molecule has 1 aliphatic rings. The highest BCUT2D eigenvalue weighted by molar-refractivity contribution is 6.77. The fraction of sp³-hybridized carbons (Fsp3) is 0.600. The van der Waals surface area contributed by atoms with Crippen molar-refractivity contribution < 1.29 is 5.11 Å². The maximum atomic E-state index is 9.50. The van der Waals surface area contributed by atoms with E-state index < -0.39 is 0 Å². The number of hydrogen-bond donors (Lipinski definition) is 1. The van der Waals surface area contributed by atoms with E-state index in [4.69, 9.17) is 11.6 Å². The molecule has 1 fully saturated rings. The molecule has 0 saturated carbocycles. The average Bonchev–Trinajstić information content (AvgIpc) is 2.47. The normalized spacial score (nSPS) is 21.3. The number of aliphatic hydroxyl groups excluding tert-OH is 1. The van der Waals surface area contributed by atoms with E-state index in [1.165, 1.54) is 5.46 Å². The first-order chi connectivity index (χ1) is 8.28. The average molecular weight is 265 g/mol. The van der Waals surface area contributed by atoms with Crippen molar-refractivity contribution in [3.05, 3.63) is 28.8 Å². The summed E-state index contributed by atoms with van der Waals surface area (Å²) < 4.78 is 0. The second kappa shape index (κ2) is 4.57. The van der Waals surface area contributed by atoms with Crippen LogP contribution in [0, 0.1) is 10.8 Å². The Balaban J connectivity index is 2.41. The van der Waals surface area contributed by atoms with Gasteiger partial charge in [-0.15, -0.1) is 0 Å². The Morgan fingerprint density at radius 1 is 1.17 bits per heavy atom. The van der Waals surface area contributed by atoms with Gasteiger partial charge in [0.1, 0.15) is 0 Å². The lowest BCUT2D eigenvalue weighted by atomic mass is 9.41. The van der Waals surface area contributed by atoms with Crippen LogP contribution in [0.15, 0.2) is 18.2 Å². The molecule has 0 aromatic heterocycles. The molecule has 1 N–H and O–H groups in total. The maximum Gasteiger partial charge on any atom is 0.179 e. The molecule has 2 rings (SSSR count). The van der Waals surface area contributed by atoms with Gasteiger partial charge in [-0.05, 0) is 22.5 Å². The largest absolute Gasteiger partial charge is 0.392 e. The molecule has 1 aromatic rings. The number of aliphatic hydroxyl groups is 1. The molecule has 0 spiro atoms. The molecule has 1 heterocycles. The van der Waals surface area contributed by atoms with Crippen LogP contribution < -0.4 is 5.46 Å². The zero-order valence-corrected chi connectivity index (χ0v) is 12.5. The van der Waals surface area contributed by atoms with E-state index in [2.05, 4.69) is 27.7 Å². The molecule has 0 unspecified atom stereocenters. The van der Waals surface area contributed by atoms with Crippen LogP contribution in [0.25, 0.3) is 0 Å². The minimum absolute atomic E-state index is 0.0766. The van der Waals surface area contributed by atoms with Crippen molar-refractivity contribution in [1.82, 2.24) is 0 Å². The predicted octanol–water partition coefficient (Wildman–Crippen LogP) is 3.60. The lowest BCUT2D eigenvalue weighted by Gasteiger charge is -2.35. The monoisotopic (exact) mass is 264 g/mol. The maximum absolute atomic E-state index is 9.50. The van der Waals surface area contributed by atoms with E-state index in [1.807, 2.05) is 18.2 Å². The smallest absolute Gasteiger partial charge is 0.179 e. The molecule has 0 bridgehead atoms. The molecular weight excluding hydrogens is 242 g/mol. The van der Waals surface area contributed by atoms with Gasteiger partial charge in [-0.25, -0.2) is 0 Å². The van der Waals surface area contributed by atoms with Gasteiger partial charge in [0.25, 0.3) is 0 Å². The van der Waals surface area contributed by atoms with Gasteiger partial charge in [-0.3, -0.25) is 0 Å². The Bertz CT molecular complexity index is 438. The summed E-state index contributed by atoms with van der Waals surface area (Å²) in [5.74, 6) is 0. The molecule has 98 valence electrons. The molecule has 0 radical (unpaired) electrons. The predicted molar refractivity (Wildman–Crippen MR) is 79.9 cm³/mol. The number of rotatable bonds is 2. The van der Waals surface area contributed by atoms with Crippen LogP contribution in [0.1, 0.15) is 33.3 Å². The highest BCUT2D eigenvalue weighted by Crippen LogP contribution is 2.52. The minimum atomic E-state index is 0.0766. The van der Waals surface area contributed by atoms with Crippen molar-refractivity contribution in [3.63, 3.8) is 0 Å². The summed E-state index contributed by atoms with van der Waals surface area (Å²) in [6, 6.07) is 5.84. The molecule has 1 saturated heterocycles. The minimum Gasteiger partial charge on any atom is -0.392 e. The van der Waals surface area contributed by atoms with Gasteiger partial charge in [0.05, 0.1) is 6.61 Å². The van der Waals surface area contributed by atoms with Crippen molar-refractivity contribution in [1.29, 1.82) is 0 Å². The SMILES string of the molecule is CC1(C)CB(c2c(Cl)cccc2CO)CC1(C)C. The first kappa shape index (κ1) is 14.0. The summed E-state index contributed by atoms with van der Waals surface area (Å²) >= 11 is 6.36. The van der Waals surface area contributed by atoms with Crippen molar-refractivity contribution >= 4 is 23.8 Å². The molecule has 1 nitrogen and oxygen atoms in total. The summed E-state index contributed by atoms with van der Waals surface area (Å²) in [6.07, 6.45) is 2.27. The fourth-order valence-electron chi connectivity index (χ4n) is 3.24. The van der Waals surface area contributed by atoms with Gasteiger partial charge in [0, 0.05) is 5.02 Å². The van der Waals surface area contributed by atoms with Gasteiger partial charge in [0.15, 0.2) is 6.71 Å². The Morgan fingerprint density at radius 3 is 2.22 bits per heavy atom. The first-order valence-electron chi connectivity index (χ1n) is 6.67. The third-order valence-corrected chi connectivity index (χ3v) is 5.40. The molecule has 1 aliphatic heterocycles. The van der Waals surface area contributed by atoms with E-state index in [-0.39, 0.29) is 6.61 Å². The quantitative estimate of drug-likeness (QED) is 0.809. The van der Waals surface area contributed by atoms with E-state index >= 15 is 0 Å². The Hall–Kier alpha value is -0.465. The second-order valence-electron chi connectivity index (χ2n) is 6.84. The van der Waals surface area contributed by atoms with Crippen LogP contribution in [0.5, 0.6) is 0 Å². The topological polar surface area (TPSA) is 20.2 Å². The summed E-state index contributed by atoms with van der Waals surface area (Å²) in [4.78, 5) is 0. The Kier molecular flexibility index (Phi) is 3.55. The molecule has 1 aromatic carbocycles. The van der Waals surface area contributed by atoms with E-state index in [0.29, 0.717) is 17.5 Å². The zero-order chi connectivity index (χ0) is 13.6. The molecule has 0 atom stereocenters. The summed E-state index contributed by atoms with van der Waals surface area (Å²) in [5.41, 5.74) is 2.77. The van der Waals surface area contributed by atoms with E-state index in [1.54, 1.807) is 0 Å². The van der Waals surface area contributed by atoms with Gasteiger partial charge in [-0.1, -0.05) is 69.5 Å². The van der Waals surface area contributed by atoms with Gasteiger partial charge >= 0.3 is 0 Å². The molecule has 0 aliphatic carbocycles. The summed E-state index contributed by atoms with van der Waals surface area (Å²) in [6.45, 7) is 9.88. The van der Waals surface area contributed by atoms with E-state index in [0.717, 1.165) is 23.2 Å². The zero-order valence-electron chi connectivity index (χ0n) is 11.8. The van der Waals surface area contributed by atoms with Gasteiger partial charge in [0.2, 0.25) is 0 Å². The number of hydrogen-bond acceptors (Lipinski definition) is 1. The standard InChI is InChI=1S/C15H22BClO/c1-14(2)9-16(10-15(14,3)4)13-11(8-18)6-5-7-12(13)17/h5-7,18H,8-10H2,1-4H3. The van der Waals surface area contributed by atoms with Crippen LogP contribution in [0.4, 0.5) is 0 Å². The van der Waals surface area contributed by atoms with Crippen LogP contribution in [-0.2, 0) is 6.61 Å². The Morgan fingerprint density at radius 2 is 1.72 bits per heavy atom. The van der Waals surface area contributed by atoms with Crippen molar-refractivity contribution in [3.8, 4) is 0 Å². The highest BCUT2D eigenvalue weighted by atomic mass is 35.5. The number of benzene rings is 1. The van der Waals surface area contributed by atoms with Crippen LogP contribution in [-0.4, -0.2) is 11.8 Å². The van der Waals surface area contributed by atoms with Crippen molar-refractivity contribution in [2.24, 2.45) is 10.8 Å². The summed E-state index contributed by atoms with van der Waals surface area (Å²) in [7, 11) is 0. The van der Waals surface area contributed by atoms with Crippen LogP contribution in [0.3, 0.4) is 0 Å². The second-order valence-corrected chi connectivity index (χ2v) is 7.25. The van der Waals surface area contributed by atoms with Crippen LogP contribution in [0.2, 0.25) is 17.7 Å². The Labute approximate surface area is 116 Å². The molecule has 3 heteroatoms. The molecule has 18 heavy (non-hydrogen) atoms. The van der Waals surface area contributed by atoms with Gasteiger partial charge in [-0.2, -0.15) is 0 Å². The summed E-state index contributed by atoms with van der Waals surface area (Å²) in [5, 5.41) is 10.3. The lowest BCUT2D eigenvalue weighted by molar-refractivity contribution is 0.177. The van der Waals surface area contributed by atoms with Crippen LogP contribution >= 0.6 is 11.6 Å². The van der Waals surface area contributed by atoms with Crippen molar-refractivity contribution in [2.45, 2.75) is 46.9 Å². The number of halogens is 1. The van der Waals surface area contributed by atoms with Gasteiger partial charge < -0.3 is 5.11 Å². The first-order valence-corrected chi connectivity index (χ1v) is 7.04. The third-order valence-electron chi connectivity index (χ3n) is 5.07. The van der Waals surface area contributed by atoms with E-state index in [9.17, 15) is 5.11 Å². The third kappa shape index (κ3) is 2.21. The lowest BCUT2D eigenvalue weighted by Crippen LogP contribution is -2.32. The molecule has 0 amide bonds. The highest BCUT2D eigenvalue weighted by Gasteiger charge is 2.48. The fourth-order valence-corrected chi connectivity index (χ4v) is 3.59. The van der Waals surface area contributed by atoms with Crippen molar-refractivity contribution in [2.75, 3.05) is 0 Å². The molecular formula is C15H22BClO.